The SMILES string of the molecule is COCCNC(c1ccc(F)c(Br)c1)c1nccs1. The van der Waals surface area contributed by atoms with Crippen LogP contribution in [-0.2, 0) is 4.74 Å². The fraction of sp³-hybridized carbons (Fsp3) is 0.308. The summed E-state index contributed by atoms with van der Waals surface area (Å²) < 4.78 is 18.8. The molecule has 0 saturated heterocycles. The summed E-state index contributed by atoms with van der Waals surface area (Å²) in [6, 6.07) is 4.96. The number of aromatic nitrogens is 1. The average Bonchev–Trinajstić information content (AvgIpc) is 2.92. The third-order valence-electron chi connectivity index (χ3n) is 2.63. The Morgan fingerprint density at radius 1 is 1.53 bits per heavy atom. The van der Waals surface area contributed by atoms with Gasteiger partial charge in [0.2, 0.25) is 0 Å². The first-order valence-corrected chi connectivity index (χ1v) is 7.46. The summed E-state index contributed by atoms with van der Waals surface area (Å²) in [7, 11) is 1.66. The van der Waals surface area contributed by atoms with Crippen LogP contribution in [0.3, 0.4) is 0 Å². The Hall–Kier alpha value is -0.820. The van der Waals surface area contributed by atoms with Crippen LogP contribution in [0.4, 0.5) is 4.39 Å². The molecule has 102 valence electrons. The van der Waals surface area contributed by atoms with E-state index in [4.69, 9.17) is 4.74 Å². The van der Waals surface area contributed by atoms with Crippen molar-refractivity contribution in [3.63, 3.8) is 0 Å². The van der Waals surface area contributed by atoms with Crippen molar-refractivity contribution in [2.75, 3.05) is 20.3 Å². The van der Waals surface area contributed by atoms with Crippen molar-refractivity contribution in [2.45, 2.75) is 6.04 Å². The summed E-state index contributed by atoms with van der Waals surface area (Å²) in [6.45, 7) is 1.32. The van der Waals surface area contributed by atoms with Crippen LogP contribution in [0.25, 0.3) is 0 Å². The van der Waals surface area contributed by atoms with Crippen molar-refractivity contribution in [2.24, 2.45) is 0 Å². The summed E-state index contributed by atoms with van der Waals surface area (Å²) >= 11 is 4.79. The molecule has 0 radical (unpaired) electrons. The number of hydrogen-bond donors (Lipinski definition) is 1. The van der Waals surface area contributed by atoms with Crippen LogP contribution in [0.5, 0.6) is 0 Å². The molecule has 1 unspecified atom stereocenters. The molecular weight excluding hydrogens is 331 g/mol. The predicted molar refractivity (Wildman–Crippen MR) is 77.9 cm³/mol. The summed E-state index contributed by atoms with van der Waals surface area (Å²) in [5, 5.41) is 6.25. The number of nitrogens with zero attached hydrogens (tertiary/aromatic N) is 1. The van der Waals surface area contributed by atoms with Gasteiger partial charge < -0.3 is 10.1 Å². The van der Waals surface area contributed by atoms with Gasteiger partial charge in [-0.3, -0.25) is 0 Å². The first-order chi connectivity index (χ1) is 9.22. The van der Waals surface area contributed by atoms with E-state index in [9.17, 15) is 4.39 Å². The van der Waals surface area contributed by atoms with E-state index in [0.717, 1.165) is 10.6 Å². The van der Waals surface area contributed by atoms with E-state index in [0.29, 0.717) is 17.6 Å². The largest absolute Gasteiger partial charge is 0.383 e. The van der Waals surface area contributed by atoms with Crippen LogP contribution in [0.2, 0.25) is 0 Å². The van der Waals surface area contributed by atoms with Gasteiger partial charge in [0.05, 0.1) is 17.1 Å². The van der Waals surface area contributed by atoms with Crippen molar-refractivity contribution < 1.29 is 9.13 Å². The fourth-order valence-corrected chi connectivity index (χ4v) is 2.86. The van der Waals surface area contributed by atoms with Gasteiger partial charge in [-0.1, -0.05) is 6.07 Å². The molecule has 0 bridgehead atoms. The highest BCUT2D eigenvalue weighted by Crippen LogP contribution is 2.27. The molecule has 6 heteroatoms. The van der Waals surface area contributed by atoms with Gasteiger partial charge >= 0.3 is 0 Å². The van der Waals surface area contributed by atoms with Gasteiger partial charge in [0.15, 0.2) is 0 Å². The van der Waals surface area contributed by atoms with Crippen LogP contribution in [0.15, 0.2) is 34.2 Å². The van der Waals surface area contributed by atoms with E-state index in [1.165, 1.54) is 6.07 Å². The van der Waals surface area contributed by atoms with Gasteiger partial charge in [0.1, 0.15) is 10.8 Å². The van der Waals surface area contributed by atoms with Gasteiger partial charge in [0.25, 0.3) is 0 Å². The highest BCUT2D eigenvalue weighted by molar-refractivity contribution is 9.10. The van der Waals surface area contributed by atoms with E-state index in [1.807, 2.05) is 5.38 Å². The minimum absolute atomic E-state index is 0.0490. The van der Waals surface area contributed by atoms with E-state index in [1.54, 1.807) is 36.8 Å². The molecule has 0 spiro atoms. The number of hydrogen-bond acceptors (Lipinski definition) is 4. The Bertz CT molecular complexity index is 521. The second kappa shape index (κ2) is 7.09. The Balaban J connectivity index is 2.23. The summed E-state index contributed by atoms with van der Waals surface area (Å²) in [5.74, 6) is -0.265. The minimum Gasteiger partial charge on any atom is -0.383 e. The summed E-state index contributed by atoms with van der Waals surface area (Å²) in [4.78, 5) is 4.33. The van der Waals surface area contributed by atoms with Gasteiger partial charge in [-0.2, -0.15) is 0 Å². The maximum absolute atomic E-state index is 13.3. The van der Waals surface area contributed by atoms with Crippen molar-refractivity contribution in [3.05, 3.63) is 50.6 Å². The molecule has 0 amide bonds. The second-order valence-electron chi connectivity index (χ2n) is 3.92. The molecule has 1 heterocycles. The molecule has 2 aromatic rings. The average molecular weight is 345 g/mol. The zero-order valence-electron chi connectivity index (χ0n) is 10.4. The van der Waals surface area contributed by atoms with Crippen LogP contribution in [-0.4, -0.2) is 25.2 Å². The molecule has 0 fully saturated rings. The van der Waals surface area contributed by atoms with Gasteiger partial charge in [-0.25, -0.2) is 9.37 Å². The lowest BCUT2D eigenvalue weighted by molar-refractivity contribution is 0.197. The van der Waals surface area contributed by atoms with Crippen LogP contribution in [0, 0.1) is 5.82 Å². The first-order valence-electron chi connectivity index (χ1n) is 5.79. The maximum atomic E-state index is 13.3. The van der Waals surface area contributed by atoms with Crippen molar-refractivity contribution in [3.8, 4) is 0 Å². The number of halogens is 2. The van der Waals surface area contributed by atoms with Crippen LogP contribution in [0.1, 0.15) is 16.6 Å². The Morgan fingerprint density at radius 3 is 3.00 bits per heavy atom. The maximum Gasteiger partial charge on any atom is 0.137 e. The Morgan fingerprint density at radius 2 is 2.37 bits per heavy atom. The van der Waals surface area contributed by atoms with Crippen molar-refractivity contribution >= 4 is 27.3 Å². The molecule has 0 aliphatic carbocycles. The second-order valence-corrected chi connectivity index (χ2v) is 5.70. The topological polar surface area (TPSA) is 34.1 Å². The number of nitrogens with one attached hydrogen (secondary N) is 1. The standard InChI is InChI=1S/C13H14BrFN2OS/c1-18-6-4-16-12(13-17-5-7-19-13)9-2-3-11(15)10(14)8-9/h2-3,5,7-8,12,16H,4,6H2,1H3. The van der Waals surface area contributed by atoms with Crippen molar-refractivity contribution in [1.29, 1.82) is 0 Å². The van der Waals surface area contributed by atoms with E-state index in [-0.39, 0.29) is 11.9 Å². The van der Waals surface area contributed by atoms with Gasteiger partial charge in [-0.15, -0.1) is 11.3 Å². The number of methoxy groups -OCH3 is 1. The van der Waals surface area contributed by atoms with E-state index in [2.05, 4.69) is 26.2 Å². The lowest BCUT2D eigenvalue weighted by Gasteiger charge is -2.17. The molecular formula is C13H14BrFN2OS. The normalized spacial score (nSPS) is 12.6. The predicted octanol–water partition coefficient (Wildman–Crippen LogP) is 3.37. The number of ether oxygens (including phenoxy) is 1. The molecule has 0 aliphatic heterocycles. The number of rotatable bonds is 6. The van der Waals surface area contributed by atoms with E-state index >= 15 is 0 Å². The fourth-order valence-electron chi connectivity index (χ4n) is 1.72. The summed E-state index contributed by atoms with van der Waals surface area (Å²) in [6.07, 6.45) is 1.77. The van der Waals surface area contributed by atoms with Crippen LogP contribution >= 0.6 is 27.3 Å². The van der Waals surface area contributed by atoms with Crippen molar-refractivity contribution in [1.82, 2.24) is 10.3 Å². The number of benzene rings is 1. The molecule has 0 aliphatic rings. The molecule has 19 heavy (non-hydrogen) atoms. The Labute approximate surface area is 124 Å². The molecule has 0 saturated carbocycles. The highest BCUT2D eigenvalue weighted by Gasteiger charge is 2.17. The third kappa shape index (κ3) is 3.82. The molecule has 3 nitrogen and oxygen atoms in total. The van der Waals surface area contributed by atoms with Crippen LogP contribution < -0.4 is 5.32 Å². The zero-order chi connectivity index (χ0) is 13.7. The van der Waals surface area contributed by atoms with Gasteiger partial charge in [-0.05, 0) is 33.6 Å². The zero-order valence-corrected chi connectivity index (χ0v) is 12.8. The van der Waals surface area contributed by atoms with E-state index < -0.39 is 0 Å². The lowest BCUT2D eigenvalue weighted by atomic mass is 10.1. The summed E-state index contributed by atoms with van der Waals surface area (Å²) in [5.41, 5.74) is 0.972. The molecule has 1 atom stereocenters. The monoisotopic (exact) mass is 344 g/mol. The Kier molecular flexibility index (Phi) is 5.45. The quantitative estimate of drug-likeness (QED) is 0.815. The lowest BCUT2D eigenvalue weighted by Crippen LogP contribution is -2.26. The third-order valence-corrected chi connectivity index (χ3v) is 4.08. The van der Waals surface area contributed by atoms with Gasteiger partial charge in [0, 0.05) is 25.2 Å². The first kappa shape index (κ1) is 14.6. The smallest absolute Gasteiger partial charge is 0.137 e. The molecule has 2 rings (SSSR count). The highest BCUT2D eigenvalue weighted by atomic mass is 79.9. The molecule has 1 N–H and O–H groups in total. The minimum atomic E-state index is -0.265. The molecule has 1 aromatic carbocycles. The number of thiazole rings is 1. The molecule has 1 aromatic heterocycles.